The Kier molecular flexibility index (Phi) is 38.9. The Morgan fingerprint density at radius 2 is 0.405 bits per heavy atom. The van der Waals surface area contributed by atoms with E-state index in [2.05, 4.69) is 6.92 Å². The summed E-state index contributed by atoms with van der Waals surface area (Å²) in [7, 11) is 0. The fourth-order valence-electron chi connectivity index (χ4n) is 6.70. The molecule has 0 saturated heterocycles. The maximum Gasteiger partial charge on any atom is 0.0512 e. The molecule has 1 unspecified atom stereocenters. The van der Waals surface area contributed by atoms with E-state index in [0.717, 1.165) is 6.42 Å². The number of aliphatic hydroxyl groups excluding tert-OH is 1. The molecule has 0 bridgehead atoms. The van der Waals surface area contributed by atoms with Crippen molar-refractivity contribution in [2.45, 2.75) is 264 Å². The van der Waals surface area contributed by atoms with Gasteiger partial charge in [-0.05, 0) is 13.3 Å². The summed E-state index contributed by atoms with van der Waals surface area (Å²) in [5.41, 5.74) is 0. The first-order valence-corrected chi connectivity index (χ1v) is 20.5. The summed E-state index contributed by atoms with van der Waals surface area (Å²) in [5, 5.41) is 9.28. The van der Waals surface area contributed by atoms with E-state index in [9.17, 15) is 5.11 Å². The highest BCUT2D eigenvalue weighted by atomic mass is 16.3. The molecule has 1 N–H and O–H groups in total. The minimum Gasteiger partial charge on any atom is -0.393 e. The van der Waals surface area contributed by atoms with Crippen LogP contribution in [-0.2, 0) is 0 Å². The van der Waals surface area contributed by atoms with Crippen molar-refractivity contribution in [3.8, 4) is 0 Å². The van der Waals surface area contributed by atoms with Gasteiger partial charge in [-0.1, -0.05) is 244 Å². The van der Waals surface area contributed by atoms with Crippen LogP contribution in [0.5, 0.6) is 0 Å². The zero-order valence-electron chi connectivity index (χ0n) is 29.9. The van der Waals surface area contributed by atoms with Crippen molar-refractivity contribution in [3.63, 3.8) is 0 Å². The predicted octanol–water partition coefficient (Wildman–Crippen LogP) is 15.2. The van der Waals surface area contributed by atoms with Crippen LogP contribution in [0.25, 0.3) is 0 Å². The second kappa shape index (κ2) is 39.0. The molecule has 0 aromatic rings. The summed E-state index contributed by atoms with van der Waals surface area (Å²) in [6.45, 7) is 4.22. The van der Waals surface area contributed by atoms with E-state index in [1.165, 1.54) is 238 Å². The van der Waals surface area contributed by atoms with E-state index in [1.807, 2.05) is 6.92 Å². The van der Waals surface area contributed by atoms with E-state index < -0.39 is 0 Å². The molecule has 1 heteroatoms. The highest BCUT2D eigenvalue weighted by Crippen LogP contribution is 2.17. The largest absolute Gasteiger partial charge is 0.393 e. The van der Waals surface area contributed by atoms with Crippen molar-refractivity contribution in [1.29, 1.82) is 0 Å². The first-order chi connectivity index (χ1) is 20.8. The fourth-order valence-corrected chi connectivity index (χ4v) is 6.70. The zero-order chi connectivity index (χ0) is 30.4. The number of hydrogen-bond donors (Lipinski definition) is 1. The maximum absolute atomic E-state index is 9.28. The average Bonchev–Trinajstić information content (AvgIpc) is 2.98. The SMILES string of the molecule is CCCCCCCCCCCCCCCCCCCCCCCCCCCCCCCCCCCCCCCC(C)O. The lowest BCUT2D eigenvalue weighted by Gasteiger charge is -2.05. The normalized spacial score (nSPS) is 12.4. The summed E-state index contributed by atoms with van der Waals surface area (Å²) in [5.74, 6) is 0. The van der Waals surface area contributed by atoms with Crippen molar-refractivity contribution >= 4 is 0 Å². The minimum absolute atomic E-state index is 0.104. The van der Waals surface area contributed by atoms with Gasteiger partial charge in [0.25, 0.3) is 0 Å². The van der Waals surface area contributed by atoms with Crippen molar-refractivity contribution in [2.24, 2.45) is 0 Å². The summed E-state index contributed by atoms with van der Waals surface area (Å²) in [6, 6.07) is 0. The molecule has 0 saturated carbocycles. The van der Waals surface area contributed by atoms with Crippen LogP contribution in [0.1, 0.15) is 258 Å². The van der Waals surface area contributed by atoms with Gasteiger partial charge in [-0.3, -0.25) is 0 Å². The minimum atomic E-state index is -0.104. The van der Waals surface area contributed by atoms with Gasteiger partial charge < -0.3 is 5.11 Å². The summed E-state index contributed by atoms with van der Waals surface area (Å²) in [6.07, 6.45) is 54.8. The molecule has 0 heterocycles. The lowest BCUT2D eigenvalue weighted by Crippen LogP contribution is -1.98. The summed E-state index contributed by atoms with van der Waals surface area (Å²) >= 11 is 0. The smallest absolute Gasteiger partial charge is 0.0512 e. The van der Waals surface area contributed by atoms with Gasteiger partial charge in [-0.15, -0.1) is 0 Å². The molecular weight excluding hydrogens is 508 g/mol. The van der Waals surface area contributed by atoms with Crippen LogP contribution in [0.2, 0.25) is 0 Å². The van der Waals surface area contributed by atoms with Gasteiger partial charge in [0.05, 0.1) is 6.10 Å². The van der Waals surface area contributed by atoms with E-state index in [1.54, 1.807) is 0 Å². The number of hydrogen-bond acceptors (Lipinski definition) is 1. The molecule has 0 spiro atoms. The van der Waals surface area contributed by atoms with Gasteiger partial charge in [0.2, 0.25) is 0 Å². The number of rotatable bonds is 38. The van der Waals surface area contributed by atoms with Crippen LogP contribution < -0.4 is 0 Å². The van der Waals surface area contributed by atoms with Crippen LogP contribution in [0.3, 0.4) is 0 Å². The van der Waals surface area contributed by atoms with E-state index in [0.29, 0.717) is 0 Å². The molecule has 0 aromatic carbocycles. The number of unbranched alkanes of at least 4 members (excludes halogenated alkanes) is 36. The van der Waals surface area contributed by atoms with Gasteiger partial charge in [0, 0.05) is 0 Å². The average molecular weight is 593 g/mol. The van der Waals surface area contributed by atoms with Gasteiger partial charge in [0.15, 0.2) is 0 Å². The van der Waals surface area contributed by atoms with Crippen molar-refractivity contribution in [2.75, 3.05) is 0 Å². The van der Waals surface area contributed by atoms with Crippen LogP contribution in [-0.4, -0.2) is 11.2 Å². The molecule has 0 radical (unpaired) electrons. The van der Waals surface area contributed by atoms with E-state index >= 15 is 0 Å². The predicted molar refractivity (Wildman–Crippen MR) is 193 cm³/mol. The molecule has 1 nitrogen and oxygen atoms in total. The Bertz CT molecular complexity index is 444. The van der Waals surface area contributed by atoms with Gasteiger partial charge in [-0.2, -0.15) is 0 Å². The number of aliphatic hydroxyl groups is 1. The Labute approximate surface area is 268 Å². The van der Waals surface area contributed by atoms with Crippen molar-refractivity contribution in [1.82, 2.24) is 0 Å². The van der Waals surface area contributed by atoms with Gasteiger partial charge >= 0.3 is 0 Å². The monoisotopic (exact) mass is 593 g/mol. The van der Waals surface area contributed by atoms with Crippen molar-refractivity contribution in [3.05, 3.63) is 0 Å². The molecule has 42 heavy (non-hydrogen) atoms. The Morgan fingerprint density at radius 3 is 0.548 bits per heavy atom. The maximum atomic E-state index is 9.28. The van der Waals surface area contributed by atoms with Crippen LogP contribution in [0.4, 0.5) is 0 Å². The standard InChI is InChI=1S/C41H84O/c1-3-4-5-6-7-8-9-10-11-12-13-14-15-16-17-18-19-20-21-22-23-24-25-26-27-28-29-30-31-32-33-34-35-36-37-38-39-40-41(2)42/h41-42H,3-40H2,1-2H3. The summed E-state index contributed by atoms with van der Waals surface area (Å²) < 4.78 is 0. The van der Waals surface area contributed by atoms with Crippen LogP contribution in [0.15, 0.2) is 0 Å². The van der Waals surface area contributed by atoms with Crippen LogP contribution in [0, 0.1) is 0 Å². The molecule has 0 aliphatic heterocycles. The second-order valence-electron chi connectivity index (χ2n) is 14.4. The van der Waals surface area contributed by atoms with Gasteiger partial charge in [-0.25, -0.2) is 0 Å². The molecule has 0 amide bonds. The molecule has 0 rings (SSSR count). The molecule has 0 aliphatic carbocycles. The Balaban J connectivity index is 3.03. The molecule has 0 aromatic heterocycles. The first-order valence-electron chi connectivity index (χ1n) is 20.5. The van der Waals surface area contributed by atoms with Gasteiger partial charge in [0.1, 0.15) is 0 Å². The zero-order valence-corrected chi connectivity index (χ0v) is 29.9. The van der Waals surface area contributed by atoms with E-state index in [-0.39, 0.29) is 6.10 Å². The fraction of sp³-hybridized carbons (Fsp3) is 1.00. The Hall–Kier alpha value is -0.0400. The third-order valence-corrected chi connectivity index (χ3v) is 9.73. The quantitative estimate of drug-likeness (QED) is 0.0707. The molecule has 0 aliphatic rings. The molecule has 0 fully saturated rings. The highest BCUT2D eigenvalue weighted by molar-refractivity contribution is 4.54. The van der Waals surface area contributed by atoms with Crippen molar-refractivity contribution < 1.29 is 5.11 Å². The van der Waals surface area contributed by atoms with E-state index in [4.69, 9.17) is 0 Å². The Morgan fingerprint density at radius 1 is 0.262 bits per heavy atom. The lowest BCUT2D eigenvalue weighted by molar-refractivity contribution is 0.180. The molecular formula is C41H84O. The lowest BCUT2D eigenvalue weighted by atomic mass is 10.0. The third kappa shape index (κ3) is 40.0. The summed E-state index contributed by atoms with van der Waals surface area (Å²) in [4.78, 5) is 0. The third-order valence-electron chi connectivity index (χ3n) is 9.73. The van der Waals surface area contributed by atoms with Crippen LogP contribution >= 0.6 is 0 Å². The topological polar surface area (TPSA) is 20.2 Å². The highest BCUT2D eigenvalue weighted by Gasteiger charge is 1.98. The molecule has 254 valence electrons. The second-order valence-corrected chi connectivity index (χ2v) is 14.4. The first kappa shape index (κ1) is 42.0. The molecule has 1 atom stereocenters.